The Morgan fingerprint density at radius 3 is 1.70 bits per heavy atom. The molecule has 2 aromatic rings. The fourth-order valence-corrected chi connectivity index (χ4v) is 2.09. The number of aromatic nitrogens is 2. The highest BCUT2D eigenvalue weighted by molar-refractivity contribution is 5.61. The van der Waals surface area contributed by atoms with Gasteiger partial charge in [-0.1, -0.05) is 47.6 Å². The van der Waals surface area contributed by atoms with Crippen molar-refractivity contribution in [3.63, 3.8) is 0 Å². The first-order valence-electron chi connectivity index (χ1n) is 7.10. The van der Waals surface area contributed by atoms with Crippen LogP contribution in [0.25, 0.3) is 11.3 Å². The van der Waals surface area contributed by atoms with Gasteiger partial charge in [0.05, 0.1) is 11.9 Å². The van der Waals surface area contributed by atoms with Gasteiger partial charge < -0.3 is 0 Å². The molecule has 0 bridgehead atoms. The molecule has 0 amide bonds. The van der Waals surface area contributed by atoms with E-state index in [1.54, 1.807) is 12.4 Å². The van der Waals surface area contributed by atoms with Crippen molar-refractivity contribution in [2.75, 3.05) is 0 Å². The Balaban J connectivity index is 2.64. The predicted octanol–water partition coefficient (Wildman–Crippen LogP) is 4.74. The minimum atomic E-state index is 0.123. The Morgan fingerprint density at radius 2 is 1.30 bits per heavy atom. The molecule has 2 nitrogen and oxygen atoms in total. The lowest BCUT2D eigenvalue weighted by Gasteiger charge is -2.26. The van der Waals surface area contributed by atoms with Crippen LogP contribution in [-0.4, -0.2) is 9.97 Å². The summed E-state index contributed by atoms with van der Waals surface area (Å²) in [6.07, 6.45) is 5.28. The summed E-state index contributed by atoms with van der Waals surface area (Å²) in [4.78, 5) is 8.62. The van der Waals surface area contributed by atoms with Gasteiger partial charge in [0.2, 0.25) is 0 Å². The standard InChI is InChI=1S/C18H24N2/c1-17(2,3)14-9-13(16-12-19-7-8-20-16)10-15(11-14)18(4,5)6/h7-12H,1-6H3. The van der Waals surface area contributed by atoms with Crippen LogP contribution in [0.2, 0.25) is 0 Å². The van der Waals surface area contributed by atoms with Crippen molar-refractivity contribution >= 4 is 0 Å². The van der Waals surface area contributed by atoms with Crippen LogP contribution in [0.5, 0.6) is 0 Å². The van der Waals surface area contributed by atoms with Crippen molar-refractivity contribution in [2.24, 2.45) is 0 Å². The van der Waals surface area contributed by atoms with E-state index in [0.717, 1.165) is 11.3 Å². The highest BCUT2D eigenvalue weighted by Gasteiger charge is 2.21. The second-order valence-corrected chi connectivity index (χ2v) is 7.39. The molecule has 2 heteroatoms. The molecular formula is C18H24N2. The first kappa shape index (κ1) is 14.7. The monoisotopic (exact) mass is 268 g/mol. The second-order valence-electron chi connectivity index (χ2n) is 7.39. The molecule has 0 aliphatic carbocycles. The zero-order valence-electron chi connectivity index (χ0n) is 13.4. The van der Waals surface area contributed by atoms with Crippen LogP contribution in [0.4, 0.5) is 0 Å². The highest BCUT2D eigenvalue weighted by atomic mass is 14.8. The smallest absolute Gasteiger partial charge is 0.0885 e. The molecule has 20 heavy (non-hydrogen) atoms. The fraction of sp³-hybridized carbons (Fsp3) is 0.444. The van der Waals surface area contributed by atoms with E-state index in [1.165, 1.54) is 11.1 Å². The first-order valence-corrected chi connectivity index (χ1v) is 7.10. The summed E-state index contributed by atoms with van der Waals surface area (Å²) in [5, 5.41) is 0. The van der Waals surface area contributed by atoms with Crippen molar-refractivity contribution in [1.29, 1.82) is 0 Å². The van der Waals surface area contributed by atoms with E-state index >= 15 is 0 Å². The van der Waals surface area contributed by atoms with E-state index in [1.807, 2.05) is 6.20 Å². The first-order chi connectivity index (χ1) is 9.18. The van der Waals surface area contributed by atoms with Gasteiger partial charge in [-0.15, -0.1) is 0 Å². The molecule has 0 fully saturated rings. The van der Waals surface area contributed by atoms with Gasteiger partial charge in [-0.2, -0.15) is 0 Å². The molecule has 0 saturated heterocycles. The summed E-state index contributed by atoms with van der Waals surface area (Å²) in [5.41, 5.74) is 5.01. The molecule has 0 unspecified atom stereocenters. The minimum absolute atomic E-state index is 0.123. The SMILES string of the molecule is CC(C)(C)c1cc(-c2cnccn2)cc(C(C)(C)C)c1. The van der Waals surface area contributed by atoms with Gasteiger partial charge in [-0.3, -0.25) is 9.97 Å². The Kier molecular flexibility index (Phi) is 3.68. The topological polar surface area (TPSA) is 25.8 Å². The Labute approximate surface area is 122 Å². The van der Waals surface area contributed by atoms with Crippen LogP contribution in [0.1, 0.15) is 52.7 Å². The third-order valence-electron chi connectivity index (χ3n) is 3.52. The van der Waals surface area contributed by atoms with Crippen molar-refractivity contribution in [1.82, 2.24) is 9.97 Å². The lowest BCUT2D eigenvalue weighted by molar-refractivity contribution is 0.569. The Hall–Kier alpha value is -1.70. The zero-order valence-corrected chi connectivity index (χ0v) is 13.4. The molecule has 1 aromatic heterocycles. The van der Waals surface area contributed by atoms with Crippen molar-refractivity contribution in [2.45, 2.75) is 52.4 Å². The molecule has 0 spiro atoms. The van der Waals surface area contributed by atoms with Crippen LogP contribution < -0.4 is 0 Å². The summed E-state index contributed by atoms with van der Waals surface area (Å²) in [6.45, 7) is 13.5. The molecule has 1 heterocycles. The van der Waals surface area contributed by atoms with E-state index in [4.69, 9.17) is 0 Å². The average Bonchev–Trinajstić information content (AvgIpc) is 2.37. The molecule has 2 rings (SSSR count). The van der Waals surface area contributed by atoms with Gasteiger partial charge in [-0.05, 0) is 34.1 Å². The van der Waals surface area contributed by atoms with Gasteiger partial charge in [0.15, 0.2) is 0 Å². The molecule has 0 atom stereocenters. The normalized spacial score (nSPS) is 12.5. The maximum atomic E-state index is 4.43. The highest BCUT2D eigenvalue weighted by Crippen LogP contribution is 2.33. The molecular weight excluding hydrogens is 244 g/mol. The summed E-state index contributed by atoms with van der Waals surface area (Å²) in [5.74, 6) is 0. The number of hydrogen-bond donors (Lipinski definition) is 0. The van der Waals surface area contributed by atoms with Gasteiger partial charge >= 0.3 is 0 Å². The number of hydrogen-bond acceptors (Lipinski definition) is 2. The van der Waals surface area contributed by atoms with Crippen LogP contribution in [0, 0.1) is 0 Å². The maximum absolute atomic E-state index is 4.43. The summed E-state index contributed by atoms with van der Waals surface area (Å²) >= 11 is 0. The van der Waals surface area contributed by atoms with E-state index in [0.29, 0.717) is 0 Å². The van der Waals surface area contributed by atoms with Crippen LogP contribution in [-0.2, 0) is 10.8 Å². The number of benzene rings is 1. The molecule has 0 saturated carbocycles. The van der Waals surface area contributed by atoms with Gasteiger partial charge in [0.1, 0.15) is 0 Å². The average molecular weight is 268 g/mol. The number of nitrogens with zero attached hydrogens (tertiary/aromatic N) is 2. The van der Waals surface area contributed by atoms with E-state index < -0.39 is 0 Å². The van der Waals surface area contributed by atoms with E-state index in [2.05, 4.69) is 69.7 Å². The molecule has 106 valence electrons. The molecule has 0 N–H and O–H groups in total. The quantitative estimate of drug-likeness (QED) is 0.746. The summed E-state index contributed by atoms with van der Waals surface area (Å²) in [6, 6.07) is 6.79. The van der Waals surface area contributed by atoms with Crippen LogP contribution >= 0.6 is 0 Å². The maximum Gasteiger partial charge on any atom is 0.0885 e. The zero-order chi connectivity index (χ0) is 15.0. The Bertz CT molecular complexity index is 555. The third kappa shape index (κ3) is 3.24. The summed E-state index contributed by atoms with van der Waals surface area (Å²) in [7, 11) is 0. The molecule has 1 aromatic carbocycles. The molecule has 0 radical (unpaired) electrons. The largest absolute Gasteiger partial charge is 0.261 e. The van der Waals surface area contributed by atoms with Crippen molar-refractivity contribution < 1.29 is 0 Å². The van der Waals surface area contributed by atoms with Gasteiger partial charge in [0, 0.05) is 18.0 Å². The predicted molar refractivity (Wildman–Crippen MR) is 84.9 cm³/mol. The van der Waals surface area contributed by atoms with Crippen molar-refractivity contribution in [3.8, 4) is 11.3 Å². The van der Waals surface area contributed by atoms with Gasteiger partial charge in [-0.25, -0.2) is 0 Å². The third-order valence-corrected chi connectivity index (χ3v) is 3.52. The van der Waals surface area contributed by atoms with Crippen molar-refractivity contribution in [3.05, 3.63) is 47.9 Å². The van der Waals surface area contributed by atoms with E-state index in [-0.39, 0.29) is 10.8 Å². The number of rotatable bonds is 1. The van der Waals surface area contributed by atoms with Crippen LogP contribution in [0.15, 0.2) is 36.8 Å². The Morgan fingerprint density at radius 1 is 0.750 bits per heavy atom. The lowest BCUT2D eigenvalue weighted by Crippen LogP contribution is -2.16. The molecule has 0 aliphatic heterocycles. The second kappa shape index (κ2) is 5.01. The van der Waals surface area contributed by atoms with E-state index in [9.17, 15) is 0 Å². The fourth-order valence-electron chi connectivity index (χ4n) is 2.09. The lowest BCUT2D eigenvalue weighted by atomic mass is 9.79. The van der Waals surface area contributed by atoms with Gasteiger partial charge in [0.25, 0.3) is 0 Å². The minimum Gasteiger partial charge on any atom is -0.261 e. The summed E-state index contributed by atoms with van der Waals surface area (Å²) < 4.78 is 0. The molecule has 0 aliphatic rings. The van der Waals surface area contributed by atoms with Crippen LogP contribution in [0.3, 0.4) is 0 Å².